The molecular weight excluding hydrogens is 419 g/mol. The van der Waals surface area contributed by atoms with Crippen molar-refractivity contribution in [2.75, 3.05) is 36.5 Å². The highest BCUT2D eigenvalue weighted by Crippen LogP contribution is 2.25. The predicted molar refractivity (Wildman–Crippen MR) is 124 cm³/mol. The number of halogens is 2. The Kier molecular flexibility index (Phi) is 7.00. The van der Waals surface area contributed by atoms with Gasteiger partial charge in [0.15, 0.2) is 0 Å². The van der Waals surface area contributed by atoms with Crippen molar-refractivity contribution in [3.05, 3.63) is 87.9 Å². The minimum Gasteiger partial charge on any atom is -0.488 e. The number of ether oxygens (including phenoxy) is 2. The van der Waals surface area contributed by atoms with E-state index in [-0.39, 0.29) is 0 Å². The Hall–Kier alpha value is -2.40. The van der Waals surface area contributed by atoms with E-state index < -0.39 is 0 Å². The van der Waals surface area contributed by atoms with Crippen molar-refractivity contribution in [1.82, 2.24) is 0 Å². The Morgan fingerprint density at radius 3 is 2.43 bits per heavy atom. The van der Waals surface area contributed by atoms with Crippen LogP contribution in [-0.4, -0.2) is 26.3 Å². The van der Waals surface area contributed by atoms with Crippen LogP contribution in [0.15, 0.2) is 66.7 Å². The molecule has 6 heteroatoms. The molecule has 30 heavy (non-hydrogen) atoms. The standard InChI is InChI=1S/C24H24Cl2N2O2/c25-20-6-5-19(23(26)15-20)17-30-24-4-2-1-3-18(24)16-27-21-7-9-22(10-8-21)28-11-13-29-14-12-28/h1-10,15,27H,11-14,16-17H2. The molecular formula is C24H24Cl2N2O2. The number of anilines is 2. The Morgan fingerprint density at radius 1 is 0.900 bits per heavy atom. The Balaban J connectivity index is 1.37. The van der Waals surface area contributed by atoms with Crippen LogP contribution in [0.2, 0.25) is 10.0 Å². The van der Waals surface area contributed by atoms with Crippen LogP contribution in [0.4, 0.5) is 11.4 Å². The van der Waals surface area contributed by atoms with E-state index in [0.29, 0.717) is 23.2 Å². The average molecular weight is 443 g/mol. The topological polar surface area (TPSA) is 33.7 Å². The molecule has 0 aliphatic carbocycles. The number of morpholine rings is 1. The molecule has 3 aromatic rings. The molecule has 1 fully saturated rings. The lowest BCUT2D eigenvalue weighted by molar-refractivity contribution is 0.122. The maximum absolute atomic E-state index is 6.26. The zero-order valence-corrected chi connectivity index (χ0v) is 18.1. The SMILES string of the molecule is Clc1ccc(COc2ccccc2CNc2ccc(N3CCOCC3)cc2)c(Cl)c1. The summed E-state index contributed by atoms with van der Waals surface area (Å²) in [7, 11) is 0. The molecule has 0 saturated carbocycles. The summed E-state index contributed by atoms with van der Waals surface area (Å²) in [4.78, 5) is 2.35. The van der Waals surface area contributed by atoms with Crippen molar-refractivity contribution in [3.63, 3.8) is 0 Å². The van der Waals surface area contributed by atoms with E-state index in [2.05, 4.69) is 40.5 Å². The van der Waals surface area contributed by atoms with Crippen molar-refractivity contribution >= 4 is 34.6 Å². The molecule has 4 rings (SSSR count). The normalized spacial score (nSPS) is 13.9. The van der Waals surface area contributed by atoms with Gasteiger partial charge in [-0.05, 0) is 42.5 Å². The van der Waals surface area contributed by atoms with Gasteiger partial charge in [-0.2, -0.15) is 0 Å². The third-order valence-electron chi connectivity index (χ3n) is 5.10. The molecule has 3 aromatic carbocycles. The van der Waals surface area contributed by atoms with E-state index in [1.54, 1.807) is 6.07 Å². The van der Waals surface area contributed by atoms with Crippen LogP contribution in [0.25, 0.3) is 0 Å². The first-order valence-electron chi connectivity index (χ1n) is 10.0. The first-order chi connectivity index (χ1) is 14.7. The summed E-state index contributed by atoms with van der Waals surface area (Å²) in [5.74, 6) is 0.834. The molecule has 0 atom stereocenters. The van der Waals surface area contributed by atoms with E-state index in [4.69, 9.17) is 32.7 Å². The molecule has 0 amide bonds. The fourth-order valence-electron chi connectivity index (χ4n) is 3.39. The van der Waals surface area contributed by atoms with Gasteiger partial charge in [0, 0.05) is 52.2 Å². The van der Waals surface area contributed by atoms with Gasteiger partial charge in [0.05, 0.1) is 13.2 Å². The number of hydrogen-bond donors (Lipinski definition) is 1. The van der Waals surface area contributed by atoms with E-state index in [1.807, 2.05) is 30.3 Å². The molecule has 0 aromatic heterocycles. The molecule has 1 N–H and O–H groups in total. The molecule has 0 spiro atoms. The summed E-state index contributed by atoms with van der Waals surface area (Å²) in [5, 5.41) is 4.71. The van der Waals surface area contributed by atoms with Crippen LogP contribution < -0.4 is 15.0 Å². The Bertz CT molecular complexity index is 973. The smallest absolute Gasteiger partial charge is 0.124 e. The third-order valence-corrected chi connectivity index (χ3v) is 5.68. The molecule has 4 nitrogen and oxygen atoms in total. The first-order valence-corrected chi connectivity index (χ1v) is 10.8. The second-order valence-corrected chi connectivity index (χ2v) is 7.98. The summed E-state index contributed by atoms with van der Waals surface area (Å²) >= 11 is 12.2. The lowest BCUT2D eigenvalue weighted by Crippen LogP contribution is -2.36. The first kappa shape index (κ1) is 20.9. The monoisotopic (exact) mass is 442 g/mol. The minimum atomic E-state index is 0.390. The van der Waals surface area contributed by atoms with Gasteiger partial charge in [-0.15, -0.1) is 0 Å². The zero-order valence-electron chi connectivity index (χ0n) is 16.6. The lowest BCUT2D eigenvalue weighted by atomic mass is 10.2. The van der Waals surface area contributed by atoms with E-state index in [1.165, 1.54) is 5.69 Å². The van der Waals surface area contributed by atoms with Gasteiger partial charge in [0.2, 0.25) is 0 Å². The molecule has 156 valence electrons. The summed E-state index contributed by atoms with van der Waals surface area (Å²) in [6.07, 6.45) is 0. The second kappa shape index (κ2) is 10.1. The largest absolute Gasteiger partial charge is 0.488 e. The van der Waals surface area contributed by atoms with Crippen molar-refractivity contribution in [1.29, 1.82) is 0 Å². The molecule has 0 unspecified atom stereocenters. The molecule has 1 heterocycles. The summed E-state index contributed by atoms with van der Waals surface area (Å²) < 4.78 is 11.5. The van der Waals surface area contributed by atoms with Crippen LogP contribution in [0.3, 0.4) is 0 Å². The third kappa shape index (κ3) is 5.39. The van der Waals surface area contributed by atoms with Crippen LogP contribution >= 0.6 is 23.2 Å². The quantitative estimate of drug-likeness (QED) is 0.484. The van der Waals surface area contributed by atoms with Crippen molar-refractivity contribution in [2.24, 2.45) is 0 Å². The van der Waals surface area contributed by atoms with Crippen molar-refractivity contribution in [3.8, 4) is 5.75 Å². The molecule has 0 radical (unpaired) electrons. The predicted octanol–water partition coefficient (Wildman–Crippen LogP) is 6.02. The van der Waals surface area contributed by atoms with Crippen LogP contribution in [-0.2, 0) is 17.9 Å². The van der Waals surface area contributed by atoms with Gasteiger partial charge in [0.25, 0.3) is 0 Å². The molecule has 1 aliphatic rings. The summed E-state index contributed by atoms with van der Waals surface area (Å²) in [6, 6.07) is 22.0. The zero-order chi connectivity index (χ0) is 20.8. The Morgan fingerprint density at radius 2 is 1.67 bits per heavy atom. The maximum Gasteiger partial charge on any atom is 0.124 e. The number of nitrogens with zero attached hydrogens (tertiary/aromatic N) is 1. The molecule has 1 saturated heterocycles. The number of nitrogens with one attached hydrogen (secondary N) is 1. The minimum absolute atomic E-state index is 0.390. The van der Waals surface area contributed by atoms with E-state index >= 15 is 0 Å². The van der Waals surface area contributed by atoms with E-state index in [0.717, 1.165) is 48.9 Å². The van der Waals surface area contributed by atoms with Gasteiger partial charge >= 0.3 is 0 Å². The highest BCUT2D eigenvalue weighted by atomic mass is 35.5. The lowest BCUT2D eigenvalue weighted by Gasteiger charge is -2.29. The highest BCUT2D eigenvalue weighted by molar-refractivity contribution is 6.35. The van der Waals surface area contributed by atoms with Crippen LogP contribution in [0.1, 0.15) is 11.1 Å². The van der Waals surface area contributed by atoms with Gasteiger partial charge < -0.3 is 19.7 Å². The van der Waals surface area contributed by atoms with Gasteiger partial charge in [-0.3, -0.25) is 0 Å². The summed E-state index contributed by atoms with van der Waals surface area (Å²) in [6.45, 7) is 4.52. The van der Waals surface area contributed by atoms with E-state index in [9.17, 15) is 0 Å². The Labute approximate surface area is 187 Å². The number of rotatable bonds is 7. The second-order valence-electron chi connectivity index (χ2n) is 7.13. The number of para-hydroxylation sites is 1. The van der Waals surface area contributed by atoms with Crippen molar-refractivity contribution in [2.45, 2.75) is 13.2 Å². The molecule has 1 aliphatic heterocycles. The highest BCUT2D eigenvalue weighted by Gasteiger charge is 2.11. The summed E-state index contributed by atoms with van der Waals surface area (Å²) in [5.41, 5.74) is 4.29. The maximum atomic E-state index is 6.26. The average Bonchev–Trinajstić information content (AvgIpc) is 2.79. The van der Waals surface area contributed by atoms with Crippen LogP contribution in [0.5, 0.6) is 5.75 Å². The van der Waals surface area contributed by atoms with Gasteiger partial charge in [0.1, 0.15) is 12.4 Å². The fraction of sp³-hybridized carbons (Fsp3) is 0.250. The number of benzene rings is 3. The van der Waals surface area contributed by atoms with Crippen LogP contribution in [0, 0.1) is 0 Å². The fourth-order valence-corrected chi connectivity index (χ4v) is 3.86. The van der Waals surface area contributed by atoms with Crippen molar-refractivity contribution < 1.29 is 9.47 Å². The van der Waals surface area contributed by atoms with Gasteiger partial charge in [-0.25, -0.2) is 0 Å². The van der Waals surface area contributed by atoms with Gasteiger partial charge in [-0.1, -0.05) is 47.5 Å². The number of hydrogen-bond acceptors (Lipinski definition) is 4. The molecule has 0 bridgehead atoms.